The highest BCUT2D eigenvalue weighted by Gasteiger charge is 2.23. The van der Waals surface area contributed by atoms with E-state index in [9.17, 15) is 8.42 Å². The van der Waals surface area contributed by atoms with Crippen molar-refractivity contribution in [2.75, 3.05) is 20.8 Å². The van der Waals surface area contributed by atoms with Crippen molar-refractivity contribution in [3.05, 3.63) is 18.0 Å². The molecular weight excluding hydrogens is 266 g/mol. The molecule has 0 saturated carbocycles. The van der Waals surface area contributed by atoms with Gasteiger partial charge in [0.2, 0.25) is 10.0 Å². The fourth-order valence-corrected chi connectivity index (χ4v) is 3.06. The number of methoxy groups -OCH3 is 1. The Morgan fingerprint density at radius 3 is 2.63 bits per heavy atom. The second-order valence-electron chi connectivity index (χ2n) is 4.82. The molecule has 0 spiro atoms. The number of H-pyrrole nitrogens is 1. The van der Waals surface area contributed by atoms with Crippen LogP contribution in [0.4, 0.5) is 0 Å². The van der Waals surface area contributed by atoms with E-state index in [1.807, 2.05) is 13.8 Å². The summed E-state index contributed by atoms with van der Waals surface area (Å²) in [4.78, 5) is 3.18. The van der Waals surface area contributed by atoms with Gasteiger partial charge in [-0.3, -0.25) is 0 Å². The third-order valence-electron chi connectivity index (χ3n) is 2.85. The average Bonchev–Trinajstić information content (AvgIpc) is 2.78. The van der Waals surface area contributed by atoms with Crippen molar-refractivity contribution >= 4 is 10.0 Å². The van der Waals surface area contributed by atoms with Gasteiger partial charge in [-0.15, -0.1) is 0 Å². The summed E-state index contributed by atoms with van der Waals surface area (Å²) in [5.74, 6) is 0.158. The zero-order valence-corrected chi connectivity index (χ0v) is 12.7. The molecule has 1 unspecified atom stereocenters. The van der Waals surface area contributed by atoms with Crippen LogP contribution in [0.2, 0.25) is 0 Å². The molecule has 0 amide bonds. The molecule has 0 aliphatic heterocycles. The van der Waals surface area contributed by atoms with Gasteiger partial charge in [0.15, 0.2) is 0 Å². The molecule has 7 heteroatoms. The average molecular weight is 289 g/mol. The highest BCUT2D eigenvalue weighted by atomic mass is 32.2. The van der Waals surface area contributed by atoms with Gasteiger partial charge >= 0.3 is 0 Å². The monoisotopic (exact) mass is 289 g/mol. The predicted molar refractivity (Wildman–Crippen MR) is 74.4 cm³/mol. The Kier molecular flexibility index (Phi) is 5.99. The van der Waals surface area contributed by atoms with Crippen molar-refractivity contribution in [2.24, 2.45) is 5.92 Å². The van der Waals surface area contributed by atoms with Crippen LogP contribution in [0.25, 0.3) is 0 Å². The molecule has 0 radical (unpaired) electrons. The normalized spacial score (nSPS) is 13.9. The standard InChI is InChI=1S/C12H23N3O3S/c1-9(2)12(8-18-4)15-19(16,17)11-5-10(6-13-3)14-7-11/h5,7,9,12-15H,6,8H2,1-4H3. The summed E-state index contributed by atoms with van der Waals surface area (Å²) in [6.07, 6.45) is 1.50. The molecule has 1 rings (SSSR count). The summed E-state index contributed by atoms with van der Waals surface area (Å²) in [6, 6.07) is 1.39. The summed E-state index contributed by atoms with van der Waals surface area (Å²) in [5, 5.41) is 2.96. The van der Waals surface area contributed by atoms with Gasteiger partial charge in [-0.1, -0.05) is 13.8 Å². The minimum absolute atomic E-state index is 0.158. The Hall–Kier alpha value is -0.890. The Labute approximate surface area is 115 Å². The molecule has 19 heavy (non-hydrogen) atoms. The van der Waals surface area contributed by atoms with Crippen LogP contribution >= 0.6 is 0 Å². The molecule has 1 aromatic heterocycles. The third-order valence-corrected chi connectivity index (χ3v) is 4.32. The van der Waals surface area contributed by atoms with Gasteiger partial charge in [0.1, 0.15) is 0 Å². The van der Waals surface area contributed by atoms with Crippen LogP contribution in [-0.4, -0.2) is 40.2 Å². The van der Waals surface area contributed by atoms with Gasteiger partial charge in [-0.25, -0.2) is 13.1 Å². The molecule has 110 valence electrons. The van der Waals surface area contributed by atoms with E-state index in [1.165, 1.54) is 6.20 Å². The number of sulfonamides is 1. The molecule has 6 nitrogen and oxygen atoms in total. The number of ether oxygens (including phenoxy) is 1. The van der Waals surface area contributed by atoms with Gasteiger partial charge < -0.3 is 15.0 Å². The fraction of sp³-hybridized carbons (Fsp3) is 0.667. The Bertz CT molecular complexity index is 482. The molecule has 1 aromatic rings. The summed E-state index contributed by atoms with van der Waals surface area (Å²) in [5.41, 5.74) is 0.829. The van der Waals surface area contributed by atoms with E-state index in [2.05, 4.69) is 15.0 Å². The maximum Gasteiger partial charge on any atom is 0.242 e. The van der Waals surface area contributed by atoms with E-state index < -0.39 is 10.0 Å². The summed E-state index contributed by atoms with van der Waals surface area (Å²) < 4.78 is 32.2. The lowest BCUT2D eigenvalue weighted by Gasteiger charge is -2.20. The first kappa shape index (κ1) is 16.2. The van der Waals surface area contributed by atoms with Crippen LogP contribution in [0.5, 0.6) is 0 Å². The Morgan fingerprint density at radius 1 is 1.42 bits per heavy atom. The lowest BCUT2D eigenvalue weighted by atomic mass is 10.1. The Morgan fingerprint density at radius 2 is 2.11 bits per heavy atom. The maximum absolute atomic E-state index is 12.2. The van der Waals surface area contributed by atoms with Crippen molar-refractivity contribution in [3.8, 4) is 0 Å². The largest absolute Gasteiger partial charge is 0.383 e. The van der Waals surface area contributed by atoms with E-state index >= 15 is 0 Å². The number of aromatic amines is 1. The summed E-state index contributed by atoms with van der Waals surface area (Å²) in [6.45, 7) is 4.86. The number of hydrogen-bond acceptors (Lipinski definition) is 4. The van der Waals surface area contributed by atoms with Crippen LogP contribution in [0.15, 0.2) is 17.2 Å². The van der Waals surface area contributed by atoms with Crippen LogP contribution in [0.3, 0.4) is 0 Å². The summed E-state index contributed by atoms with van der Waals surface area (Å²) >= 11 is 0. The first-order valence-corrected chi connectivity index (χ1v) is 7.72. The van der Waals surface area contributed by atoms with E-state index in [1.54, 1.807) is 20.2 Å². The smallest absolute Gasteiger partial charge is 0.242 e. The number of hydrogen-bond donors (Lipinski definition) is 3. The van der Waals surface area contributed by atoms with Crippen molar-refractivity contribution < 1.29 is 13.2 Å². The summed E-state index contributed by atoms with van der Waals surface area (Å²) in [7, 11) is -0.147. The van der Waals surface area contributed by atoms with Crippen LogP contribution in [-0.2, 0) is 21.3 Å². The first-order valence-electron chi connectivity index (χ1n) is 6.24. The topological polar surface area (TPSA) is 83.2 Å². The van der Waals surface area contributed by atoms with E-state index in [-0.39, 0.29) is 16.9 Å². The van der Waals surface area contributed by atoms with Gasteiger partial charge in [0.05, 0.1) is 11.5 Å². The van der Waals surface area contributed by atoms with Crippen LogP contribution in [0.1, 0.15) is 19.5 Å². The van der Waals surface area contributed by atoms with Crippen LogP contribution in [0, 0.1) is 5.92 Å². The fourth-order valence-electron chi connectivity index (χ4n) is 1.68. The highest BCUT2D eigenvalue weighted by Crippen LogP contribution is 2.13. The zero-order chi connectivity index (χ0) is 14.5. The van der Waals surface area contributed by atoms with Gasteiger partial charge in [-0.2, -0.15) is 0 Å². The second-order valence-corrected chi connectivity index (χ2v) is 6.53. The van der Waals surface area contributed by atoms with Crippen molar-refractivity contribution in [1.82, 2.24) is 15.0 Å². The number of aromatic nitrogens is 1. The van der Waals surface area contributed by atoms with Gasteiger partial charge in [0, 0.05) is 31.6 Å². The quantitative estimate of drug-likeness (QED) is 0.657. The highest BCUT2D eigenvalue weighted by molar-refractivity contribution is 7.89. The number of nitrogens with one attached hydrogen (secondary N) is 3. The zero-order valence-electron chi connectivity index (χ0n) is 11.9. The minimum Gasteiger partial charge on any atom is -0.383 e. The molecule has 1 heterocycles. The molecule has 0 aliphatic rings. The van der Waals surface area contributed by atoms with E-state index in [0.29, 0.717) is 13.2 Å². The Balaban J connectivity index is 2.83. The van der Waals surface area contributed by atoms with Crippen molar-refractivity contribution in [3.63, 3.8) is 0 Å². The molecule has 0 aliphatic carbocycles. The second kappa shape index (κ2) is 7.04. The van der Waals surface area contributed by atoms with Crippen molar-refractivity contribution in [1.29, 1.82) is 0 Å². The SMILES string of the molecule is CNCc1cc(S(=O)(=O)NC(COC)C(C)C)c[nH]1. The molecule has 0 saturated heterocycles. The van der Waals surface area contributed by atoms with Gasteiger partial charge in [-0.05, 0) is 19.0 Å². The number of rotatable bonds is 8. The molecule has 0 fully saturated rings. The van der Waals surface area contributed by atoms with Crippen LogP contribution < -0.4 is 10.0 Å². The minimum atomic E-state index is -3.51. The van der Waals surface area contributed by atoms with Gasteiger partial charge in [0.25, 0.3) is 0 Å². The maximum atomic E-state index is 12.2. The molecular formula is C12H23N3O3S. The lowest BCUT2D eigenvalue weighted by Crippen LogP contribution is -2.41. The third kappa shape index (κ3) is 4.61. The molecule has 3 N–H and O–H groups in total. The van der Waals surface area contributed by atoms with Crippen molar-refractivity contribution in [2.45, 2.75) is 31.3 Å². The predicted octanol–water partition coefficient (Wildman–Crippen LogP) is 0.683. The molecule has 0 aromatic carbocycles. The molecule has 1 atom stereocenters. The molecule has 0 bridgehead atoms. The lowest BCUT2D eigenvalue weighted by molar-refractivity contribution is 0.157. The van der Waals surface area contributed by atoms with E-state index in [4.69, 9.17) is 4.74 Å². The first-order chi connectivity index (χ1) is 8.90. The van der Waals surface area contributed by atoms with E-state index in [0.717, 1.165) is 5.69 Å².